The summed E-state index contributed by atoms with van der Waals surface area (Å²) in [4.78, 5) is 11.9. The van der Waals surface area contributed by atoms with Crippen molar-refractivity contribution < 1.29 is 9.90 Å². The van der Waals surface area contributed by atoms with Gasteiger partial charge in [-0.1, -0.05) is 29.8 Å². The lowest BCUT2D eigenvalue weighted by molar-refractivity contribution is -0.119. The van der Waals surface area contributed by atoms with Crippen molar-refractivity contribution in [2.45, 2.75) is 38.3 Å². The van der Waals surface area contributed by atoms with Crippen LogP contribution in [0.25, 0.3) is 0 Å². The van der Waals surface area contributed by atoms with Gasteiger partial charge in [0.1, 0.15) is 11.6 Å². The summed E-state index contributed by atoms with van der Waals surface area (Å²) >= 11 is 6.07. The third kappa shape index (κ3) is 3.44. The molecule has 0 aliphatic carbocycles. The number of aliphatic hydroxyl groups is 1. The van der Waals surface area contributed by atoms with Gasteiger partial charge in [-0.3, -0.25) is 4.79 Å². The minimum atomic E-state index is -0.834. The number of hydrogen-bond donors (Lipinski definition) is 2. The number of hydrogen-bond acceptors (Lipinski definition) is 3. The summed E-state index contributed by atoms with van der Waals surface area (Å²) < 4.78 is 0. The van der Waals surface area contributed by atoms with Crippen LogP contribution < -0.4 is 5.32 Å². The Morgan fingerprint density at radius 1 is 1.48 bits per heavy atom. The first kappa shape index (κ1) is 15.6. The highest BCUT2D eigenvalue weighted by Gasteiger charge is 2.33. The van der Waals surface area contributed by atoms with Gasteiger partial charge in [0, 0.05) is 17.0 Å². The van der Waals surface area contributed by atoms with Crippen molar-refractivity contribution in [1.82, 2.24) is 5.32 Å². The smallest absolute Gasteiger partial charge is 0.262 e. The highest BCUT2D eigenvalue weighted by Crippen LogP contribution is 2.33. The Hall–Kier alpha value is -1.83. The number of rotatable bonds is 3. The molecular formula is C16H17ClN2O2. The summed E-state index contributed by atoms with van der Waals surface area (Å²) in [6.07, 6.45) is -0.0779. The van der Waals surface area contributed by atoms with E-state index in [2.05, 4.69) is 5.32 Å². The molecule has 1 aliphatic heterocycles. The van der Waals surface area contributed by atoms with E-state index in [1.807, 2.05) is 19.9 Å². The van der Waals surface area contributed by atoms with Crippen LogP contribution in [-0.4, -0.2) is 16.6 Å². The average molecular weight is 305 g/mol. The monoisotopic (exact) mass is 304 g/mol. The Morgan fingerprint density at radius 3 is 2.76 bits per heavy atom. The highest BCUT2D eigenvalue weighted by atomic mass is 35.5. The molecule has 2 N–H and O–H groups in total. The van der Waals surface area contributed by atoms with Crippen LogP contribution in [0, 0.1) is 11.3 Å². The van der Waals surface area contributed by atoms with E-state index in [1.165, 1.54) is 0 Å². The molecule has 1 aromatic carbocycles. The second kappa shape index (κ2) is 5.88. The van der Waals surface area contributed by atoms with Gasteiger partial charge >= 0.3 is 0 Å². The first-order valence-corrected chi connectivity index (χ1v) is 7.09. The van der Waals surface area contributed by atoms with Crippen molar-refractivity contribution in [2.75, 3.05) is 0 Å². The van der Waals surface area contributed by atoms with Gasteiger partial charge in [-0.15, -0.1) is 0 Å². The summed E-state index contributed by atoms with van der Waals surface area (Å²) in [6.45, 7) is 3.78. The van der Waals surface area contributed by atoms with Gasteiger partial charge in [0.05, 0.1) is 6.10 Å². The number of aliphatic hydroxyl groups excluding tert-OH is 1. The van der Waals surface area contributed by atoms with Crippen molar-refractivity contribution >= 4 is 17.5 Å². The molecule has 4 nitrogen and oxygen atoms in total. The SMILES string of the molecule is CC1(C)CC(CC(O)c2ccccc2Cl)=C(C#N)C(=O)N1. The minimum absolute atomic E-state index is 0.0976. The van der Waals surface area contributed by atoms with Gasteiger partial charge in [-0.05, 0) is 37.5 Å². The Morgan fingerprint density at radius 2 is 2.14 bits per heavy atom. The Bertz CT molecular complexity index is 644. The molecule has 0 saturated heterocycles. The molecule has 1 atom stereocenters. The maximum atomic E-state index is 11.9. The highest BCUT2D eigenvalue weighted by molar-refractivity contribution is 6.31. The van der Waals surface area contributed by atoms with Gasteiger partial charge in [0.2, 0.25) is 0 Å². The zero-order valence-corrected chi connectivity index (χ0v) is 12.7. The first-order valence-electron chi connectivity index (χ1n) is 6.71. The van der Waals surface area contributed by atoms with Crippen LogP contribution in [0.3, 0.4) is 0 Å². The second-order valence-electron chi connectivity index (χ2n) is 5.85. The molecule has 1 amide bonds. The average Bonchev–Trinajstić information content (AvgIpc) is 2.37. The van der Waals surface area contributed by atoms with Crippen LogP contribution in [0.15, 0.2) is 35.4 Å². The van der Waals surface area contributed by atoms with Gasteiger partial charge in [-0.2, -0.15) is 5.26 Å². The van der Waals surface area contributed by atoms with Crippen molar-refractivity contribution in [2.24, 2.45) is 0 Å². The van der Waals surface area contributed by atoms with E-state index in [0.29, 0.717) is 22.6 Å². The van der Waals surface area contributed by atoms with Crippen LogP contribution in [0.2, 0.25) is 5.02 Å². The minimum Gasteiger partial charge on any atom is -0.388 e. The lowest BCUT2D eigenvalue weighted by Gasteiger charge is -2.33. The molecule has 1 unspecified atom stereocenters. The third-order valence-corrected chi connectivity index (χ3v) is 3.85. The molecule has 0 radical (unpaired) electrons. The van der Waals surface area contributed by atoms with E-state index in [4.69, 9.17) is 16.9 Å². The molecule has 0 aromatic heterocycles. The quantitative estimate of drug-likeness (QED) is 0.902. The number of nitrogens with one attached hydrogen (secondary N) is 1. The second-order valence-corrected chi connectivity index (χ2v) is 6.25. The molecule has 5 heteroatoms. The van der Waals surface area contributed by atoms with Crippen molar-refractivity contribution in [3.63, 3.8) is 0 Å². The number of benzene rings is 1. The van der Waals surface area contributed by atoms with E-state index in [9.17, 15) is 9.90 Å². The third-order valence-electron chi connectivity index (χ3n) is 3.50. The molecule has 0 fully saturated rings. The fourth-order valence-electron chi connectivity index (χ4n) is 2.59. The normalized spacial score (nSPS) is 18.9. The molecule has 1 heterocycles. The van der Waals surface area contributed by atoms with Crippen molar-refractivity contribution in [3.05, 3.63) is 46.0 Å². The lowest BCUT2D eigenvalue weighted by Crippen LogP contribution is -2.48. The van der Waals surface area contributed by atoms with Crippen LogP contribution in [0.4, 0.5) is 0 Å². The molecule has 1 aromatic rings. The van der Waals surface area contributed by atoms with Crippen LogP contribution in [-0.2, 0) is 4.79 Å². The summed E-state index contributed by atoms with van der Waals surface area (Å²) in [6, 6.07) is 8.97. The van der Waals surface area contributed by atoms with E-state index < -0.39 is 11.6 Å². The van der Waals surface area contributed by atoms with Crippen LogP contribution >= 0.6 is 11.6 Å². The van der Waals surface area contributed by atoms with Gasteiger partial charge in [0.25, 0.3) is 5.91 Å². The van der Waals surface area contributed by atoms with Gasteiger partial charge < -0.3 is 10.4 Å². The molecule has 0 saturated carbocycles. The topological polar surface area (TPSA) is 73.1 Å². The Balaban J connectivity index is 2.30. The molecule has 21 heavy (non-hydrogen) atoms. The Kier molecular flexibility index (Phi) is 4.36. The first-order chi connectivity index (χ1) is 9.84. The zero-order valence-electron chi connectivity index (χ0n) is 12.0. The number of amides is 1. The molecule has 1 aliphatic rings. The standard InChI is InChI=1S/C16H17ClN2O2/c1-16(2)8-10(12(9-18)15(21)19-16)7-14(20)11-5-3-4-6-13(11)17/h3-6,14,20H,7-8H2,1-2H3,(H,19,21). The maximum absolute atomic E-state index is 11.9. The summed E-state index contributed by atoms with van der Waals surface area (Å²) in [5, 5.41) is 22.8. The van der Waals surface area contributed by atoms with E-state index in [1.54, 1.807) is 24.3 Å². The predicted molar refractivity (Wildman–Crippen MR) is 80.5 cm³/mol. The lowest BCUT2D eigenvalue weighted by atomic mass is 9.84. The van der Waals surface area contributed by atoms with Crippen LogP contribution in [0.5, 0.6) is 0 Å². The molecule has 0 bridgehead atoms. The largest absolute Gasteiger partial charge is 0.388 e. The summed E-state index contributed by atoms with van der Waals surface area (Å²) in [5.74, 6) is -0.380. The number of nitrogens with zero attached hydrogens (tertiary/aromatic N) is 1. The molecule has 2 rings (SSSR count). The van der Waals surface area contributed by atoms with E-state index in [0.717, 1.165) is 0 Å². The van der Waals surface area contributed by atoms with E-state index >= 15 is 0 Å². The van der Waals surface area contributed by atoms with Crippen molar-refractivity contribution in [3.8, 4) is 6.07 Å². The molecule has 0 spiro atoms. The Labute approximate surface area is 129 Å². The zero-order chi connectivity index (χ0) is 15.6. The number of carbonyl (C=O) groups is 1. The number of carbonyl (C=O) groups excluding carboxylic acids is 1. The van der Waals surface area contributed by atoms with Crippen LogP contribution in [0.1, 0.15) is 38.4 Å². The van der Waals surface area contributed by atoms with E-state index in [-0.39, 0.29) is 17.9 Å². The molecular weight excluding hydrogens is 288 g/mol. The fraction of sp³-hybridized carbons (Fsp3) is 0.375. The fourth-order valence-corrected chi connectivity index (χ4v) is 2.85. The molecule has 110 valence electrons. The number of nitriles is 1. The van der Waals surface area contributed by atoms with Crippen molar-refractivity contribution in [1.29, 1.82) is 5.26 Å². The van der Waals surface area contributed by atoms with Gasteiger partial charge in [0.15, 0.2) is 0 Å². The number of halogens is 1. The van der Waals surface area contributed by atoms with Gasteiger partial charge in [-0.25, -0.2) is 0 Å². The maximum Gasteiger partial charge on any atom is 0.262 e. The summed E-state index contributed by atoms with van der Waals surface area (Å²) in [5.41, 5.74) is 0.944. The predicted octanol–water partition coefficient (Wildman–Crippen LogP) is 2.88. The summed E-state index contributed by atoms with van der Waals surface area (Å²) in [7, 11) is 0.